The molecule has 0 saturated carbocycles. The number of allylic oxidation sites excluding steroid dienone is 3. The Hall–Kier alpha value is -2.85. The van der Waals surface area contributed by atoms with E-state index in [9.17, 15) is 10.3 Å². The van der Waals surface area contributed by atoms with Gasteiger partial charge >= 0.3 is 5.71 Å². The third-order valence-corrected chi connectivity index (χ3v) is 3.38. The number of carbonyl (C=O) groups excluding carboxylic acids is 1. The standard InChI is InChI=1S/C17H19N3O3/c1-3-22-13-10-12(18)17(23-4-2)15(20-19)14(13)16(21)11-8-6-5-7-9-11/h5-10,14H,3-4,18H2,1-2H3. The fourth-order valence-electron chi connectivity index (χ4n) is 2.43. The topological polar surface area (TPSA) is 98.0 Å². The Bertz CT molecular complexity index is 701. The zero-order valence-electron chi connectivity index (χ0n) is 13.2. The van der Waals surface area contributed by atoms with Crippen molar-refractivity contribution in [1.29, 1.82) is 0 Å². The van der Waals surface area contributed by atoms with Gasteiger partial charge in [-0.3, -0.25) is 4.79 Å². The Morgan fingerprint density at radius 3 is 2.43 bits per heavy atom. The van der Waals surface area contributed by atoms with Gasteiger partial charge in [-0.25, -0.2) is 0 Å². The number of carbonyl (C=O) groups is 1. The van der Waals surface area contributed by atoms with Crippen LogP contribution in [0.1, 0.15) is 24.2 Å². The van der Waals surface area contributed by atoms with Crippen molar-refractivity contribution in [2.45, 2.75) is 13.8 Å². The molecule has 0 heterocycles. The van der Waals surface area contributed by atoms with E-state index in [4.69, 9.17) is 15.2 Å². The largest absolute Gasteiger partial charge is 0.497 e. The predicted molar refractivity (Wildman–Crippen MR) is 85.4 cm³/mol. The van der Waals surface area contributed by atoms with E-state index in [1.165, 1.54) is 0 Å². The van der Waals surface area contributed by atoms with Crippen molar-refractivity contribution in [1.82, 2.24) is 0 Å². The van der Waals surface area contributed by atoms with E-state index in [1.807, 2.05) is 6.07 Å². The lowest BCUT2D eigenvalue weighted by atomic mass is 9.86. The van der Waals surface area contributed by atoms with E-state index < -0.39 is 5.92 Å². The molecule has 1 aromatic carbocycles. The molecule has 1 aliphatic rings. The first-order chi connectivity index (χ1) is 11.1. The summed E-state index contributed by atoms with van der Waals surface area (Å²) in [6.07, 6.45) is 1.55. The van der Waals surface area contributed by atoms with E-state index >= 15 is 0 Å². The van der Waals surface area contributed by atoms with Gasteiger partial charge < -0.3 is 20.7 Å². The van der Waals surface area contributed by atoms with Crippen LogP contribution in [-0.4, -0.2) is 29.5 Å². The Morgan fingerprint density at radius 2 is 1.87 bits per heavy atom. The Morgan fingerprint density at radius 1 is 1.22 bits per heavy atom. The summed E-state index contributed by atoms with van der Waals surface area (Å²) in [7, 11) is 0. The molecular weight excluding hydrogens is 294 g/mol. The molecule has 2 rings (SSSR count). The lowest BCUT2D eigenvalue weighted by molar-refractivity contribution is -0.0178. The molecule has 0 radical (unpaired) electrons. The molecule has 6 nitrogen and oxygen atoms in total. The fourth-order valence-corrected chi connectivity index (χ4v) is 2.43. The number of nitrogens with zero attached hydrogens (tertiary/aromatic N) is 2. The van der Waals surface area contributed by atoms with Gasteiger partial charge in [-0.2, -0.15) is 4.79 Å². The summed E-state index contributed by atoms with van der Waals surface area (Å²) in [5, 5.41) is 0. The molecule has 0 fully saturated rings. The number of Topliss-reactive ketones (excluding diaryl/α,β-unsaturated/α-hetero) is 1. The molecule has 6 heteroatoms. The van der Waals surface area contributed by atoms with Crippen LogP contribution < -0.4 is 5.73 Å². The quantitative estimate of drug-likeness (QED) is 0.495. The SMILES string of the molecule is CCOC1=CC(N)=C(OCC)C(=[N+]=[N-])C1C(=O)c1ccccc1. The molecule has 0 aliphatic heterocycles. The summed E-state index contributed by atoms with van der Waals surface area (Å²) >= 11 is 0. The first-order valence-electron chi connectivity index (χ1n) is 7.42. The van der Waals surface area contributed by atoms with Gasteiger partial charge in [0.15, 0.2) is 11.7 Å². The van der Waals surface area contributed by atoms with Crippen molar-refractivity contribution in [2.24, 2.45) is 11.7 Å². The number of ether oxygens (including phenoxy) is 2. The molecule has 1 aromatic rings. The highest BCUT2D eigenvalue weighted by atomic mass is 16.5. The van der Waals surface area contributed by atoms with E-state index in [0.29, 0.717) is 24.5 Å². The molecular formula is C17H19N3O3. The van der Waals surface area contributed by atoms with Gasteiger partial charge in [0.1, 0.15) is 5.76 Å². The molecule has 120 valence electrons. The van der Waals surface area contributed by atoms with E-state index in [1.54, 1.807) is 44.2 Å². The van der Waals surface area contributed by atoms with Crippen molar-refractivity contribution in [3.63, 3.8) is 0 Å². The van der Waals surface area contributed by atoms with Crippen LogP contribution in [0.2, 0.25) is 0 Å². The van der Waals surface area contributed by atoms with Gasteiger partial charge in [-0.1, -0.05) is 30.3 Å². The molecule has 1 aliphatic carbocycles. The summed E-state index contributed by atoms with van der Waals surface area (Å²) in [5.74, 6) is -0.596. The third kappa shape index (κ3) is 3.33. The van der Waals surface area contributed by atoms with Crippen LogP contribution in [-0.2, 0) is 9.47 Å². The number of rotatable bonds is 6. The zero-order chi connectivity index (χ0) is 16.8. The minimum absolute atomic E-state index is 0.0594. The van der Waals surface area contributed by atoms with Gasteiger partial charge in [0.25, 0.3) is 0 Å². The highest BCUT2D eigenvalue weighted by Gasteiger charge is 2.43. The van der Waals surface area contributed by atoms with Gasteiger partial charge in [-0.05, 0) is 13.8 Å². The van der Waals surface area contributed by atoms with Crippen molar-refractivity contribution >= 4 is 11.5 Å². The van der Waals surface area contributed by atoms with Gasteiger partial charge in [0.05, 0.1) is 18.9 Å². The first kappa shape index (κ1) is 16.5. The Kier molecular flexibility index (Phi) is 5.33. The average molecular weight is 313 g/mol. The molecule has 0 aromatic heterocycles. The number of ketones is 1. The molecule has 1 atom stereocenters. The summed E-state index contributed by atoms with van der Waals surface area (Å²) < 4.78 is 11.0. The smallest absolute Gasteiger partial charge is 0.353 e. The summed E-state index contributed by atoms with van der Waals surface area (Å²) in [4.78, 5) is 16.1. The van der Waals surface area contributed by atoms with Crippen LogP contribution in [0, 0.1) is 5.92 Å². The molecule has 0 saturated heterocycles. The lowest BCUT2D eigenvalue weighted by Gasteiger charge is -2.22. The maximum atomic E-state index is 12.9. The average Bonchev–Trinajstić information content (AvgIpc) is 2.57. The highest BCUT2D eigenvalue weighted by molar-refractivity contribution is 6.18. The Balaban J connectivity index is 2.52. The van der Waals surface area contributed by atoms with Crippen molar-refractivity contribution in [3.8, 4) is 0 Å². The highest BCUT2D eigenvalue weighted by Crippen LogP contribution is 2.29. The normalized spacial score (nSPS) is 17.4. The van der Waals surface area contributed by atoms with E-state index in [0.717, 1.165) is 0 Å². The second-order valence-corrected chi connectivity index (χ2v) is 4.85. The number of hydrogen-bond donors (Lipinski definition) is 1. The number of hydrogen-bond acceptors (Lipinski definition) is 4. The Labute approximate surface area is 134 Å². The van der Waals surface area contributed by atoms with Crippen LogP contribution in [0.5, 0.6) is 0 Å². The van der Waals surface area contributed by atoms with Gasteiger partial charge in [0, 0.05) is 11.6 Å². The van der Waals surface area contributed by atoms with Crippen LogP contribution in [0.3, 0.4) is 0 Å². The number of nitrogens with two attached hydrogens (primary N) is 1. The molecule has 0 bridgehead atoms. The molecule has 2 N–H and O–H groups in total. The van der Waals surface area contributed by atoms with Crippen LogP contribution in [0.4, 0.5) is 0 Å². The summed E-state index contributed by atoms with van der Waals surface area (Å²) in [6, 6.07) is 8.75. The maximum absolute atomic E-state index is 12.9. The van der Waals surface area contributed by atoms with Crippen LogP contribution in [0.25, 0.3) is 5.53 Å². The van der Waals surface area contributed by atoms with Gasteiger partial charge in [0.2, 0.25) is 5.76 Å². The predicted octanol–water partition coefficient (Wildman–Crippen LogP) is 2.30. The minimum atomic E-state index is -0.892. The summed E-state index contributed by atoms with van der Waals surface area (Å²) in [6.45, 7) is 4.28. The van der Waals surface area contributed by atoms with E-state index in [-0.39, 0.29) is 23.0 Å². The molecule has 0 spiro atoms. The fraction of sp³-hybridized carbons (Fsp3) is 0.294. The van der Waals surface area contributed by atoms with Crippen molar-refractivity contribution in [2.75, 3.05) is 13.2 Å². The van der Waals surface area contributed by atoms with Crippen LogP contribution in [0.15, 0.2) is 53.6 Å². The zero-order valence-corrected chi connectivity index (χ0v) is 13.2. The maximum Gasteiger partial charge on any atom is 0.353 e. The molecule has 1 unspecified atom stereocenters. The lowest BCUT2D eigenvalue weighted by Crippen LogP contribution is -2.34. The van der Waals surface area contributed by atoms with Crippen molar-refractivity contribution < 1.29 is 19.1 Å². The van der Waals surface area contributed by atoms with E-state index in [2.05, 4.69) is 4.79 Å². The second-order valence-electron chi connectivity index (χ2n) is 4.85. The van der Waals surface area contributed by atoms with Gasteiger partial charge in [-0.15, -0.1) is 0 Å². The molecule has 0 amide bonds. The van der Waals surface area contributed by atoms with Crippen LogP contribution >= 0.6 is 0 Å². The first-order valence-corrected chi connectivity index (χ1v) is 7.42. The summed E-state index contributed by atoms with van der Waals surface area (Å²) in [5.41, 5.74) is 16.2. The van der Waals surface area contributed by atoms with Crippen molar-refractivity contribution in [3.05, 3.63) is 64.7 Å². The second kappa shape index (κ2) is 7.42. The third-order valence-electron chi connectivity index (χ3n) is 3.38. The molecule has 23 heavy (non-hydrogen) atoms. The number of benzene rings is 1. The monoisotopic (exact) mass is 313 g/mol. The minimum Gasteiger partial charge on any atom is -0.497 e.